The smallest absolute Gasteiger partial charge is 0.279 e. The van der Waals surface area contributed by atoms with E-state index in [1.807, 2.05) is 37.3 Å². The topological polar surface area (TPSA) is 95.9 Å². The number of hydrazone groups is 1. The Morgan fingerprint density at radius 1 is 0.906 bits per heavy atom. The lowest BCUT2D eigenvalue weighted by molar-refractivity contribution is 0.371. The lowest BCUT2D eigenvalue weighted by atomic mass is 9.99. The minimum Gasteiger partial charge on any atom is -0.284 e. The average molecular weight is 470 g/mol. The van der Waals surface area contributed by atoms with Crippen molar-refractivity contribution in [1.29, 1.82) is 0 Å². The van der Waals surface area contributed by atoms with Gasteiger partial charge in [0.05, 0.1) is 22.9 Å². The summed E-state index contributed by atoms with van der Waals surface area (Å²) < 4.78 is 53.8. The Labute approximate surface area is 188 Å². The lowest BCUT2D eigenvalue weighted by Gasteiger charge is -2.23. The molecule has 0 unspecified atom stereocenters. The molecule has 1 heterocycles. The van der Waals surface area contributed by atoms with E-state index in [-0.39, 0.29) is 4.90 Å². The predicted molar refractivity (Wildman–Crippen MR) is 125 cm³/mol. The van der Waals surface area contributed by atoms with Gasteiger partial charge in [0, 0.05) is 12.1 Å². The summed E-state index contributed by atoms with van der Waals surface area (Å²) in [5, 5.41) is 4.51. The molecule has 1 atom stereocenters. The van der Waals surface area contributed by atoms with Gasteiger partial charge in [-0.25, -0.2) is 8.42 Å². The largest absolute Gasteiger partial charge is 0.284 e. The molecule has 0 bridgehead atoms. The summed E-state index contributed by atoms with van der Waals surface area (Å²) in [6.07, 6.45) is 1.44. The summed E-state index contributed by atoms with van der Waals surface area (Å²) in [7, 11) is -7.34. The van der Waals surface area contributed by atoms with E-state index in [2.05, 4.69) is 9.82 Å². The van der Waals surface area contributed by atoms with Gasteiger partial charge in [0.25, 0.3) is 10.0 Å². The Kier molecular flexibility index (Phi) is 5.79. The van der Waals surface area contributed by atoms with Gasteiger partial charge in [0.2, 0.25) is 10.0 Å². The van der Waals surface area contributed by atoms with Gasteiger partial charge in [0.1, 0.15) is 0 Å². The second-order valence-corrected chi connectivity index (χ2v) is 11.3. The lowest BCUT2D eigenvalue weighted by Crippen LogP contribution is -2.27. The van der Waals surface area contributed by atoms with E-state index in [0.29, 0.717) is 23.4 Å². The summed E-state index contributed by atoms with van der Waals surface area (Å²) in [6, 6.07) is 22.3. The van der Waals surface area contributed by atoms with Crippen LogP contribution >= 0.6 is 0 Å². The van der Waals surface area contributed by atoms with E-state index in [1.165, 1.54) is 4.41 Å². The number of hydrogen-bond acceptors (Lipinski definition) is 5. The number of sulfonamides is 2. The molecule has 0 aliphatic carbocycles. The number of hydrogen-bond donors (Lipinski definition) is 1. The molecule has 0 aromatic heterocycles. The first kappa shape index (κ1) is 22.0. The van der Waals surface area contributed by atoms with E-state index in [0.717, 1.165) is 17.4 Å². The summed E-state index contributed by atoms with van der Waals surface area (Å²) >= 11 is 0. The van der Waals surface area contributed by atoms with Crippen molar-refractivity contribution < 1.29 is 16.8 Å². The van der Waals surface area contributed by atoms with Gasteiger partial charge in [-0.15, -0.1) is 0 Å². The van der Waals surface area contributed by atoms with Crippen molar-refractivity contribution in [2.24, 2.45) is 5.10 Å². The summed E-state index contributed by atoms with van der Waals surface area (Å²) in [4.78, 5) is 0.168. The molecule has 3 aromatic rings. The number of benzene rings is 3. The molecule has 7 nitrogen and oxygen atoms in total. The molecule has 1 aliphatic heterocycles. The summed E-state index contributed by atoms with van der Waals surface area (Å²) in [6.45, 7) is 1.90. The first-order valence-corrected chi connectivity index (χ1v) is 13.3. The molecule has 1 N–H and O–H groups in total. The standard InChI is InChI=1S/C23H23N3O4S2/c1-17-11-13-21(14-12-17)32(29,30)26-23(18-7-4-3-5-8-18)16-22(24-26)19-9-6-10-20(15-19)25-31(2,27)28/h3-15,23,25H,16H2,1-2H3/t23-/m1/s1. The van der Waals surface area contributed by atoms with Crippen LogP contribution in [0, 0.1) is 6.92 Å². The van der Waals surface area contributed by atoms with Crippen LogP contribution in [0.25, 0.3) is 0 Å². The van der Waals surface area contributed by atoms with Gasteiger partial charge < -0.3 is 0 Å². The van der Waals surface area contributed by atoms with Crippen LogP contribution in [0.2, 0.25) is 0 Å². The van der Waals surface area contributed by atoms with Crippen molar-refractivity contribution in [2.45, 2.75) is 24.3 Å². The SMILES string of the molecule is Cc1ccc(S(=O)(=O)N2N=C(c3cccc(NS(C)(=O)=O)c3)C[C@@H]2c2ccccc2)cc1. The Hall–Kier alpha value is -3.17. The zero-order valence-electron chi connectivity index (χ0n) is 17.6. The minimum atomic E-state index is -3.90. The highest BCUT2D eigenvalue weighted by molar-refractivity contribution is 7.92. The van der Waals surface area contributed by atoms with Crippen molar-refractivity contribution in [2.75, 3.05) is 11.0 Å². The Morgan fingerprint density at radius 3 is 2.25 bits per heavy atom. The van der Waals surface area contributed by atoms with Crippen LogP contribution in [0.3, 0.4) is 0 Å². The van der Waals surface area contributed by atoms with Crippen LogP contribution in [0.15, 0.2) is 88.9 Å². The van der Waals surface area contributed by atoms with E-state index >= 15 is 0 Å². The maximum atomic E-state index is 13.5. The fourth-order valence-corrected chi connectivity index (χ4v) is 5.59. The third kappa shape index (κ3) is 4.68. The molecule has 0 fully saturated rings. The molecule has 0 saturated heterocycles. The Bertz CT molecular complexity index is 1370. The van der Waals surface area contributed by atoms with Crippen LogP contribution in [0.1, 0.15) is 29.2 Å². The fraction of sp³-hybridized carbons (Fsp3) is 0.174. The second kappa shape index (κ2) is 8.40. The highest BCUT2D eigenvalue weighted by Crippen LogP contribution is 2.37. The van der Waals surface area contributed by atoms with Crippen LogP contribution in [-0.4, -0.2) is 33.2 Å². The molecule has 0 saturated carbocycles. The van der Waals surface area contributed by atoms with Crippen molar-refractivity contribution in [1.82, 2.24) is 4.41 Å². The molecule has 0 spiro atoms. The quantitative estimate of drug-likeness (QED) is 0.592. The number of rotatable bonds is 6. The molecule has 9 heteroatoms. The third-order valence-electron chi connectivity index (χ3n) is 5.12. The molecule has 0 radical (unpaired) electrons. The number of nitrogens with zero attached hydrogens (tertiary/aromatic N) is 2. The molecule has 0 amide bonds. The van der Waals surface area contributed by atoms with Crippen molar-refractivity contribution in [3.8, 4) is 0 Å². The molecule has 4 rings (SSSR count). The minimum absolute atomic E-state index is 0.168. The maximum Gasteiger partial charge on any atom is 0.279 e. The van der Waals surface area contributed by atoms with E-state index in [9.17, 15) is 16.8 Å². The van der Waals surface area contributed by atoms with Gasteiger partial charge in [-0.3, -0.25) is 4.72 Å². The van der Waals surface area contributed by atoms with Gasteiger partial charge in [-0.05, 0) is 42.3 Å². The van der Waals surface area contributed by atoms with Gasteiger partial charge in [0.15, 0.2) is 0 Å². The van der Waals surface area contributed by atoms with Crippen LogP contribution in [-0.2, 0) is 20.0 Å². The van der Waals surface area contributed by atoms with Gasteiger partial charge >= 0.3 is 0 Å². The number of nitrogens with one attached hydrogen (secondary N) is 1. The zero-order valence-corrected chi connectivity index (χ0v) is 19.3. The van der Waals surface area contributed by atoms with Crippen LogP contribution < -0.4 is 4.72 Å². The van der Waals surface area contributed by atoms with Gasteiger partial charge in [-0.2, -0.15) is 17.9 Å². The Morgan fingerprint density at radius 2 is 1.59 bits per heavy atom. The molecular weight excluding hydrogens is 446 g/mol. The first-order chi connectivity index (χ1) is 15.1. The molecule has 32 heavy (non-hydrogen) atoms. The molecule has 166 valence electrons. The fourth-order valence-electron chi connectivity index (χ4n) is 3.60. The number of anilines is 1. The van der Waals surface area contributed by atoms with Crippen molar-refractivity contribution in [3.63, 3.8) is 0 Å². The van der Waals surface area contributed by atoms with E-state index in [1.54, 1.807) is 48.5 Å². The highest BCUT2D eigenvalue weighted by Gasteiger charge is 2.37. The van der Waals surface area contributed by atoms with Crippen molar-refractivity contribution >= 4 is 31.4 Å². The second-order valence-electron chi connectivity index (χ2n) is 7.72. The normalized spacial score (nSPS) is 16.6. The van der Waals surface area contributed by atoms with Gasteiger partial charge in [-0.1, -0.05) is 60.2 Å². The summed E-state index contributed by atoms with van der Waals surface area (Å²) in [5.41, 5.74) is 3.40. The monoisotopic (exact) mass is 469 g/mol. The maximum absolute atomic E-state index is 13.5. The van der Waals surface area contributed by atoms with E-state index < -0.39 is 26.1 Å². The summed E-state index contributed by atoms with van der Waals surface area (Å²) in [5.74, 6) is 0. The van der Waals surface area contributed by atoms with Crippen LogP contribution in [0.4, 0.5) is 5.69 Å². The van der Waals surface area contributed by atoms with Crippen LogP contribution in [0.5, 0.6) is 0 Å². The third-order valence-corrected chi connectivity index (χ3v) is 7.42. The highest BCUT2D eigenvalue weighted by atomic mass is 32.2. The zero-order chi connectivity index (χ0) is 22.9. The van der Waals surface area contributed by atoms with E-state index in [4.69, 9.17) is 0 Å². The average Bonchev–Trinajstić information content (AvgIpc) is 3.20. The Balaban J connectivity index is 1.77. The first-order valence-electron chi connectivity index (χ1n) is 9.95. The molecular formula is C23H23N3O4S2. The number of aryl methyl sites for hydroxylation is 1. The molecule has 3 aromatic carbocycles. The predicted octanol–water partition coefficient (Wildman–Crippen LogP) is 3.91. The van der Waals surface area contributed by atoms with Crippen molar-refractivity contribution in [3.05, 3.63) is 95.6 Å². The molecule has 1 aliphatic rings.